The molecule has 3 nitrogen and oxygen atoms in total. The Balaban J connectivity index is 4.29. The Hall–Kier alpha value is -0.230. The smallest absolute Gasteiger partial charge is 0.267 e. The second-order valence-electron chi connectivity index (χ2n) is 2.74. The fourth-order valence-corrected chi connectivity index (χ4v) is 1.12. The van der Waals surface area contributed by atoms with Gasteiger partial charge < -0.3 is 0 Å². The Morgan fingerprint density at radius 2 is 1.92 bits per heavy atom. The first kappa shape index (κ1) is 11.8. The number of hydrogen-bond acceptors (Lipinski definition) is 2. The molecule has 1 atom stereocenters. The molecular weight excluding hydrogens is 190 g/mol. The highest BCUT2D eigenvalue weighted by atomic mass is 32.2. The standard InChI is InChI=1S/C6H12F2O3S/c1-3-6(7,8)4-5(2)12(9,10)11/h5H,3-4H2,1-2H3,(H,9,10,11). The van der Waals surface area contributed by atoms with Crippen LogP contribution in [0.2, 0.25) is 0 Å². The molecule has 1 unspecified atom stereocenters. The maximum atomic E-state index is 12.6. The van der Waals surface area contributed by atoms with Gasteiger partial charge in [0.15, 0.2) is 0 Å². The van der Waals surface area contributed by atoms with Crippen molar-refractivity contribution in [1.82, 2.24) is 0 Å². The van der Waals surface area contributed by atoms with E-state index >= 15 is 0 Å². The Labute approximate surface area is 70.5 Å². The minimum Gasteiger partial charge on any atom is -0.285 e. The van der Waals surface area contributed by atoms with Gasteiger partial charge in [-0.3, -0.25) is 4.55 Å². The van der Waals surface area contributed by atoms with E-state index in [9.17, 15) is 17.2 Å². The van der Waals surface area contributed by atoms with Crippen LogP contribution < -0.4 is 0 Å². The van der Waals surface area contributed by atoms with Gasteiger partial charge in [-0.1, -0.05) is 6.92 Å². The van der Waals surface area contributed by atoms with Gasteiger partial charge in [0.1, 0.15) is 0 Å². The minimum atomic E-state index is -4.33. The lowest BCUT2D eigenvalue weighted by Crippen LogP contribution is -2.27. The average molecular weight is 202 g/mol. The fourth-order valence-electron chi connectivity index (χ4n) is 0.670. The van der Waals surface area contributed by atoms with Crippen LogP contribution in [0.5, 0.6) is 0 Å². The third-order valence-corrected chi connectivity index (χ3v) is 2.80. The normalized spacial score (nSPS) is 16.1. The summed E-state index contributed by atoms with van der Waals surface area (Å²) in [5.74, 6) is -3.02. The van der Waals surface area contributed by atoms with Crippen LogP contribution in [0.15, 0.2) is 0 Å². The van der Waals surface area contributed by atoms with Crippen molar-refractivity contribution in [3.63, 3.8) is 0 Å². The topological polar surface area (TPSA) is 54.4 Å². The zero-order valence-electron chi connectivity index (χ0n) is 6.92. The molecule has 0 rings (SSSR count). The second kappa shape index (κ2) is 3.66. The molecule has 74 valence electrons. The third-order valence-electron chi connectivity index (χ3n) is 1.61. The van der Waals surface area contributed by atoms with Crippen molar-refractivity contribution in [1.29, 1.82) is 0 Å². The molecule has 0 aliphatic carbocycles. The van der Waals surface area contributed by atoms with E-state index in [2.05, 4.69) is 0 Å². The summed E-state index contributed by atoms with van der Waals surface area (Å²) in [7, 11) is -4.33. The molecule has 0 saturated carbocycles. The summed E-state index contributed by atoms with van der Waals surface area (Å²) in [5.41, 5.74) is 0. The first-order valence-corrected chi connectivity index (χ1v) is 5.03. The molecule has 0 aliphatic rings. The summed E-state index contributed by atoms with van der Waals surface area (Å²) in [6, 6.07) is 0. The molecule has 0 aromatic heterocycles. The Kier molecular flexibility index (Phi) is 3.59. The van der Waals surface area contributed by atoms with E-state index in [1.54, 1.807) is 0 Å². The predicted octanol–water partition coefficient (Wildman–Crippen LogP) is 1.70. The van der Waals surface area contributed by atoms with Gasteiger partial charge >= 0.3 is 0 Å². The van der Waals surface area contributed by atoms with E-state index in [0.29, 0.717) is 0 Å². The SMILES string of the molecule is CCC(F)(F)CC(C)S(=O)(=O)O. The van der Waals surface area contributed by atoms with E-state index in [1.807, 2.05) is 0 Å². The molecule has 0 fully saturated rings. The second-order valence-corrected chi connectivity index (χ2v) is 4.57. The summed E-state index contributed by atoms with van der Waals surface area (Å²) in [6.07, 6.45) is -1.25. The van der Waals surface area contributed by atoms with Crippen molar-refractivity contribution < 1.29 is 21.8 Å². The number of rotatable bonds is 4. The molecule has 0 aromatic rings. The largest absolute Gasteiger partial charge is 0.285 e. The van der Waals surface area contributed by atoms with Gasteiger partial charge in [0.2, 0.25) is 5.92 Å². The average Bonchev–Trinajstić information content (AvgIpc) is 1.85. The predicted molar refractivity (Wildman–Crippen MR) is 40.9 cm³/mol. The molecule has 12 heavy (non-hydrogen) atoms. The Bertz CT molecular complexity index is 235. The van der Waals surface area contributed by atoms with Crippen LogP contribution >= 0.6 is 0 Å². The van der Waals surface area contributed by atoms with Crippen molar-refractivity contribution in [2.24, 2.45) is 0 Å². The van der Waals surface area contributed by atoms with Crippen LogP contribution in [-0.2, 0) is 10.1 Å². The number of hydrogen-bond donors (Lipinski definition) is 1. The Morgan fingerprint density at radius 1 is 1.50 bits per heavy atom. The van der Waals surface area contributed by atoms with Crippen LogP contribution in [-0.4, -0.2) is 24.1 Å². The number of alkyl halides is 2. The molecule has 0 aromatic carbocycles. The van der Waals surface area contributed by atoms with Crippen molar-refractivity contribution in [3.8, 4) is 0 Å². The van der Waals surface area contributed by atoms with Crippen molar-refractivity contribution >= 4 is 10.1 Å². The van der Waals surface area contributed by atoms with Crippen LogP contribution in [0, 0.1) is 0 Å². The van der Waals surface area contributed by atoms with Crippen LogP contribution in [0.3, 0.4) is 0 Å². The van der Waals surface area contributed by atoms with Gasteiger partial charge in [0, 0.05) is 12.8 Å². The lowest BCUT2D eigenvalue weighted by Gasteiger charge is -2.16. The van der Waals surface area contributed by atoms with Gasteiger partial charge in [0.05, 0.1) is 5.25 Å². The first-order chi connectivity index (χ1) is 5.19. The minimum absolute atomic E-state index is 0.424. The quantitative estimate of drug-likeness (QED) is 0.706. The third kappa shape index (κ3) is 3.96. The summed E-state index contributed by atoms with van der Waals surface area (Å²) in [4.78, 5) is 0. The number of halogens is 2. The molecule has 0 bridgehead atoms. The maximum Gasteiger partial charge on any atom is 0.267 e. The van der Waals surface area contributed by atoms with Crippen LogP contribution in [0.1, 0.15) is 26.7 Å². The zero-order valence-corrected chi connectivity index (χ0v) is 7.74. The van der Waals surface area contributed by atoms with Gasteiger partial charge in [-0.05, 0) is 6.92 Å². The zero-order chi connectivity index (χ0) is 9.99. The van der Waals surface area contributed by atoms with E-state index < -0.39 is 34.1 Å². The molecule has 0 saturated heterocycles. The fraction of sp³-hybridized carbons (Fsp3) is 1.00. The summed E-state index contributed by atoms with van der Waals surface area (Å²) >= 11 is 0. The molecule has 1 N–H and O–H groups in total. The van der Waals surface area contributed by atoms with E-state index in [-0.39, 0.29) is 0 Å². The van der Waals surface area contributed by atoms with E-state index in [0.717, 1.165) is 6.92 Å². The highest BCUT2D eigenvalue weighted by Crippen LogP contribution is 2.26. The molecule has 0 radical (unpaired) electrons. The van der Waals surface area contributed by atoms with Gasteiger partial charge in [-0.25, -0.2) is 8.78 Å². The molecule has 0 amide bonds. The molecule has 0 spiro atoms. The molecular formula is C6H12F2O3S. The van der Waals surface area contributed by atoms with Gasteiger partial charge in [-0.15, -0.1) is 0 Å². The maximum absolute atomic E-state index is 12.6. The summed E-state index contributed by atoms with van der Waals surface area (Å²) in [6.45, 7) is 2.32. The Morgan fingerprint density at radius 3 is 2.17 bits per heavy atom. The van der Waals surface area contributed by atoms with E-state index in [1.165, 1.54) is 6.92 Å². The molecule has 0 heterocycles. The monoisotopic (exact) mass is 202 g/mol. The van der Waals surface area contributed by atoms with Gasteiger partial charge in [-0.2, -0.15) is 8.42 Å². The summed E-state index contributed by atoms with van der Waals surface area (Å²) < 4.78 is 54.2. The van der Waals surface area contributed by atoms with Crippen molar-refractivity contribution in [3.05, 3.63) is 0 Å². The molecule has 6 heteroatoms. The highest BCUT2D eigenvalue weighted by Gasteiger charge is 2.33. The lowest BCUT2D eigenvalue weighted by molar-refractivity contribution is -0.0116. The summed E-state index contributed by atoms with van der Waals surface area (Å²) in [5, 5.41) is -1.41. The van der Waals surface area contributed by atoms with Crippen molar-refractivity contribution in [2.45, 2.75) is 37.9 Å². The van der Waals surface area contributed by atoms with Gasteiger partial charge in [0.25, 0.3) is 10.1 Å². The van der Waals surface area contributed by atoms with Crippen LogP contribution in [0.25, 0.3) is 0 Å². The molecule has 0 aliphatic heterocycles. The van der Waals surface area contributed by atoms with Crippen molar-refractivity contribution in [2.75, 3.05) is 0 Å². The van der Waals surface area contributed by atoms with Crippen LogP contribution in [0.4, 0.5) is 8.78 Å². The lowest BCUT2D eigenvalue weighted by atomic mass is 10.1. The first-order valence-electron chi connectivity index (χ1n) is 3.53. The highest BCUT2D eigenvalue weighted by molar-refractivity contribution is 7.86. The van der Waals surface area contributed by atoms with E-state index in [4.69, 9.17) is 4.55 Å².